The Kier molecular flexibility index (Phi) is 4.76. The summed E-state index contributed by atoms with van der Waals surface area (Å²) in [5, 5.41) is 4.97. The van der Waals surface area contributed by atoms with Crippen molar-refractivity contribution < 1.29 is 19.1 Å². The Morgan fingerprint density at radius 1 is 1.32 bits per heavy atom. The minimum Gasteiger partial charge on any atom is -0.462 e. The first-order valence-corrected chi connectivity index (χ1v) is 8.52. The van der Waals surface area contributed by atoms with Crippen LogP contribution in [0.25, 0.3) is 0 Å². The van der Waals surface area contributed by atoms with Gasteiger partial charge in [-0.15, -0.1) is 0 Å². The molecule has 1 spiro atoms. The van der Waals surface area contributed by atoms with E-state index in [2.05, 4.69) is 10.6 Å². The number of esters is 1. The van der Waals surface area contributed by atoms with Gasteiger partial charge >= 0.3 is 12.0 Å². The van der Waals surface area contributed by atoms with Crippen LogP contribution in [-0.2, 0) is 20.7 Å². The first kappa shape index (κ1) is 17.4. The predicted octanol–water partition coefficient (Wildman–Crippen LogP) is 0.833. The van der Waals surface area contributed by atoms with Gasteiger partial charge in [0.1, 0.15) is 11.6 Å². The normalized spacial score (nSPS) is 26.1. The number of urea groups is 1. The number of carbonyl (C=O) groups excluding carboxylic acids is 3. The van der Waals surface area contributed by atoms with E-state index in [1.165, 1.54) is 0 Å². The van der Waals surface area contributed by atoms with Crippen LogP contribution in [-0.4, -0.2) is 53.6 Å². The lowest BCUT2D eigenvalue weighted by Gasteiger charge is -2.23. The molecule has 134 valence electrons. The van der Waals surface area contributed by atoms with Crippen molar-refractivity contribution in [2.75, 3.05) is 13.1 Å². The lowest BCUT2D eigenvalue weighted by Crippen LogP contribution is -2.49. The first-order valence-electron chi connectivity index (χ1n) is 8.52. The molecule has 1 aromatic rings. The number of nitrogens with zero attached hydrogens (tertiary/aromatic N) is 1. The van der Waals surface area contributed by atoms with E-state index in [9.17, 15) is 14.4 Å². The van der Waals surface area contributed by atoms with Crippen LogP contribution in [0.4, 0.5) is 4.79 Å². The van der Waals surface area contributed by atoms with Gasteiger partial charge in [-0.05, 0) is 25.8 Å². The highest BCUT2D eigenvalue weighted by atomic mass is 16.5. The molecule has 2 aliphatic heterocycles. The van der Waals surface area contributed by atoms with Gasteiger partial charge in [-0.1, -0.05) is 30.3 Å². The molecule has 0 aromatic heterocycles. The third-order valence-electron chi connectivity index (χ3n) is 4.62. The molecule has 0 saturated carbocycles. The van der Waals surface area contributed by atoms with Crippen LogP contribution in [0.3, 0.4) is 0 Å². The Bertz CT molecular complexity index is 676. The fourth-order valence-electron chi connectivity index (χ4n) is 3.46. The summed E-state index contributed by atoms with van der Waals surface area (Å²) in [6.45, 7) is 4.49. The number of hydrogen-bond acceptors (Lipinski definition) is 5. The van der Waals surface area contributed by atoms with Crippen molar-refractivity contribution in [1.29, 1.82) is 0 Å². The number of carbonyl (C=O) groups is 3. The number of amides is 3. The van der Waals surface area contributed by atoms with Gasteiger partial charge in [-0.2, -0.15) is 0 Å². The molecule has 7 nitrogen and oxygen atoms in total. The first-order chi connectivity index (χ1) is 11.9. The number of imide groups is 1. The number of ether oxygens (including phenoxy) is 1. The van der Waals surface area contributed by atoms with E-state index < -0.39 is 17.6 Å². The molecule has 2 saturated heterocycles. The van der Waals surface area contributed by atoms with E-state index in [-0.39, 0.29) is 24.4 Å². The SMILES string of the molecule is CC(C)OC(=O)[C@@H]1C[C@@]2(CN1CCc1ccccc1)NC(=O)NC2=O. The Hall–Kier alpha value is -2.41. The van der Waals surface area contributed by atoms with Crippen LogP contribution in [0.5, 0.6) is 0 Å². The van der Waals surface area contributed by atoms with Crippen molar-refractivity contribution in [3.8, 4) is 0 Å². The van der Waals surface area contributed by atoms with Crippen LogP contribution < -0.4 is 10.6 Å². The van der Waals surface area contributed by atoms with E-state index in [1.807, 2.05) is 35.2 Å². The maximum absolute atomic E-state index is 12.5. The van der Waals surface area contributed by atoms with Crippen molar-refractivity contribution >= 4 is 17.9 Å². The minimum absolute atomic E-state index is 0.227. The topological polar surface area (TPSA) is 87.7 Å². The highest BCUT2D eigenvalue weighted by molar-refractivity contribution is 6.07. The summed E-state index contributed by atoms with van der Waals surface area (Å²) in [5.41, 5.74) is 0.105. The molecule has 0 unspecified atom stereocenters. The Balaban J connectivity index is 1.76. The highest BCUT2D eigenvalue weighted by Crippen LogP contribution is 2.31. The van der Waals surface area contributed by atoms with Gasteiger partial charge in [-0.25, -0.2) is 4.79 Å². The number of nitrogens with one attached hydrogen (secondary N) is 2. The minimum atomic E-state index is -1.05. The van der Waals surface area contributed by atoms with Crippen LogP contribution >= 0.6 is 0 Å². The standard InChI is InChI=1S/C18H23N3O4/c1-12(2)25-15(22)14-10-18(16(23)19-17(24)20-18)11-21(14)9-8-13-6-4-3-5-7-13/h3-7,12,14H,8-11H2,1-2H3,(H2,19,20,23,24)/t14-,18-/m0/s1. The molecule has 7 heteroatoms. The zero-order valence-electron chi connectivity index (χ0n) is 14.5. The Morgan fingerprint density at radius 2 is 2.04 bits per heavy atom. The summed E-state index contributed by atoms with van der Waals surface area (Å²) < 4.78 is 5.36. The van der Waals surface area contributed by atoms with Gasteiger partial charge < -0.3 is 10.1 Å². The second-order valence-corrected chi connectivity index (χ2v) is 6.90. The van der Waals surface area contributed by atoms with Gasteiger partial charge in [0.25, 0.3) is 5.91 Å². The molecule has 0 radical (unpaired) electrons. The summed E-state index contributed by atoms with van der Waals surface area (Å²) >= 11 is 0. The predicted molar refractivity (Wildman–Crippen MR) is 90.8 cm³/mol. The molecule has 3 rings (SSSR count). The molecule has 2 fully saturated rings. The largest absolute Gasteiger partial charge is 0.462 e. The molecule has 2 aliphatic rings. The zero-order valence-corrected chi connectivity index (χ0v) is 14.5. The smallest absolute Gasteiger partial charge is 0.323 e. The summed E-state index contributed by atoms with van der Waals surface area (Å²) in [5.74, 6) is -0.726. The number of rotatable bonds is 5. The fraction of sp³-hybridized carbons (Fsp3) is 0.500. The molecular formula is C18H23N3O4. The lowest BCUT2D eigenvalue weighted by molar-refractivity contribution is -0.152. The Labute approximate surface area is 146 Å². The average Bonchev–Trinajstić information content (AvgIpc) is 3.06. The molecule has 25 heavy (non-hydrogen) atoms. The van der Waals surface area contributed by atoms with Gasteiger partial charge in [0, 0.05) is 19.5 Å². The van der Waals surface area contributed by atoms with Crippen molar-refractivity contribution in [1.82, 2.24) is 15.5 Å². The van der Waals surface area contributed by atoms with Crippen LogP contribution in [0, 0.1) is 0 Å². The third kappa shape index (κ3) is 3.66. The van der Waals surface area contributed by atoms with Crippen LogP contribution in [0.2, 0.25) is 0 Å². The van der Waals surface area contributed by atoms with Gasteiger partial charge in [0.15, 0.2) is 0 Å². The fourth-order valence-corrected chi connectivity index (χ4v) is 3.46. The molecule has 2 atom stereocenters. The van der Waals surface area contributed by atoms with Crippen molar-refractivity contribution in [3.63, 3.8) is 0 Å². The van der Waals surface area contributed by atoms with E-state index in [0.717, 1.165) is 12.0 Å². The van der Waals surface area contributed by atoms with Crippen molar-refractivity contribution in [2.24, 2.45) is 0 Å². The van der Waals surface area contributed by atoms with E-state index in [1.54, 1.807) is 13.8 Å². The summed E-state index contributed by atoms with van der Waals surface area (Å²) in [6.07, 6.45) is 0.745. The molecule has 3 amide bonds. The molecule has 2 heterocycles. The summed E-state index contributed by atoms with van der Waals surface area (Å²) in [7, 11) is 0. The van der Waals surface area contributed by atoms with Gasteiger partial charge in [0.05, 0.1) is 6.10 Å². The van der Waals surface area contributed by atoms with Crippen molar-refractivity contribution in [3.05, 3.63) is 35.9 Å². The second-order valence-electron chi connectivity index (χ2n) is 6.90. The molecule has 1 aromatic carbocycles. The molecule has 0 bridgehead atoms. The second kappa shape index (κ2) is 6.84. The van der Waals surface area contributed by atoms with Gasteiger partial charge in [-0.3, -0.25) is 19.8 Å². The molecule has 2 N–H and O–H groups in total. The van der Waals surface area contributed by atoms with E-state index >= 15 is 0 Å². The quantitative estimate of drug-likeness (QED) is 0.610. The molecule has 0 aliphatic carbocycles. The maximum Gasteiger partial charge on any atom is 0.323 e. The average molecular weight is 345 g/mol. The molecular weight excluding hydrogens is 322 g/mol. The summed E-state index contributed by atoms with van der Waals surface area (Å²) in [4.78, 5) is 38.3. The van der Waals surface area contributed by atoms with Crippen LogP contribution in [0.1, 0.15) is 25.8 Å². The third-order valence-corrected chi connectivity index (χ3v) is 4.62. The maximum atomic E-state index is 12.5. The zero-order chi connectivity index (χ0) is 18.0. The number of benzene rings is 1. The number of hydrogen-bond donors (Lipinski definition) is 2. The highest BCUT2D eigenvalue weighted by Gasteiger charge is 2.56. The van der Waals surface area contributed by atoms with E-state index in [4.69, 9.17) is 4.74 Å². The van der Waals surface area contributed by atoms with E-state index in [0.29, 0.717) is 13.1 Å². The number of likely N-dealkylation sites (tertiary alicyclic amines) is 1. The van der Waals surface area contributed by atoms with Gasteiger partial charge in [0.2, 0.25) is 0 Å². The lowest BCUT2D eigenvalue weighted by atomic mass is 9.96. The van der Waals surface area contributed by atoms with Crippen molar-refractivity contribution in [2.45, 2.75) is 44.4 Å². The monoisotopic (exact) mass is 345 g/mol. The Morgan fingerprint density at radius 3 is 2.64 bits per heavy atom. The van der Waals surface area contributed by atoms with Crippen LogP contribution in [0.15, 0.2) is 30.3 Å². The summed E-state index contributed by atoms with van der Waals surface area (Å²) in [6, 6.07) is 8.89.